The van der Waals surface area contributed by atoms with E-state index in [-0.39, 0.29) is 11.8 Å². The Bertz CT molecular complexity index is 950. The molecule has 2 amide bonds. The molecule has 0 saturated carbocycles. The normalized spacial score (nSPS) is 16.7. The van der Waals surface area contributed by atoms with Gasteiger partial charge in [-0.3, -0.25) is 14.5 Å². The molecule has 0 spiro atoms. The maximum atomic E-state index is 13.1. The predicted octanol–water partition coefficient (Wildman–Crippen LogP) is 2.91. The lowest BCUT2D eigenvalue weighted by molar-refractivity contribution is 0.0383. The van der Waals surface area contributed by atoms with Gasteiger partial charge in [-0.15, -0.1) is 0 Å². The first-order valence-electron chi connectivity index (χ1n) is 11.5. The van der Waals surface area contributed by atoms with Gasteiger partial charge in [0.05, 0.1) is 18.8 Å². The fourth-order valence-electron chi connectivity index (χ4n) is 4.30. The number of carbonyl (C=O) groups is 2. The van der Waals surface area contributed by atoms with Crippen molar-refractivity contribution in [2.75, 3.05) is 62.7 Å². The van der Waals surface area contributed by atoms with E-state index in [4.69, 9.17) is 4.74 Å². The molecule has 4 rings (SSSR count). The molecule has 2 N–H and O–H groups in total. The van der Waals surface area contributed by atoms with Crippen LogP contribution in [0.3, 0.4) is 0 Å². The first-order valence-corrected chi connectivity index (χ1v) is 11.5. The molecule has 7 heteroatoms. The van der Waals surface area contributed by atoms with E-state index in [1.54, 1.807) is 6.07 Å². The molecule has 2 saturated heterocycles. The van der Waals surface area contributed by atoms with Crippen LogP contribution >= 0.6 is 0 Å². The Balaban J connectivity index is 1.48. The number of ether oxygens (including phenoxy) is 1. The molecule has 2 aliphatic rings. The van der Waals surface area contributed by atoms with Crippen LogP contribution in [0, 0.1) is 6.92 Å². The number of hydrogen-bond donors (Lipinski definition) is 2. The largest absolute Gasteiger partial charge is 0.379 e. The molecule has 0 radical (unpaired) electrons. The van der Waals surface area contributed by atoms with E-state index in [2.05, 4.69) is 20.4 Å². The summed E-state index contributed by atoms with van der Waals surface area (Å²) in [5.74, 6) is -0.275. The molecule has 32 heavy (non-hydrogen) atoms. The third-order valence-electron chi connectivity index (χ3n) is 6.15. The molecule has 2 aromatic rings. The quantitative estimate of drug-likeness (QED) is 0.698. The molecule has 2 heterocycles. The van der Waals surface area contributed by atoms with Gasteiger partial charge in [0.15, 0.2) is 0 Å². The minimum absolute atomic E-state index is 0.104. The fraction of sp³-hybridized carbons (Fsp3) is 0.440. The number of nitrogens with one attached hydrogen (secondary N) is 2. The van der Waals surface area contributed by atoms with Crippen molar-refractivity contribution in [1.29, 1.82) is 0 Å². The Kier molecular flexibility index (Phi) is 7.39. The van der Waals surface area contributed by atoms with E-state index in [1.807, 2.05) is 43.3 Å². The Morgan fingerprint density at radius 2 is 1.69 bits per heavy atom. The SMILES string of the molecule is Cc1ccccc1C(=O)Nc1ccc(N2CCCC2)c(C(=O)NCCN2CCOCC2)c1. The second-order valence-electron chi connectivity index (χ2n) is 8.41. The van der Waals surface area contributed by atoms with Crippen molar-refractivity contribution in [3.8, 4) is 0 Å². The van der Waals surface area contributed by atoms with Crippen molar-refractivity contribution < 1.29 is 14.3 Å². The zero-order chi connectivity index (χ0) is 22.3. The predicted molar refractivity (Wildman–Crippen MR) is 127 cm³/mol. The minimum Gasteiger partial charge on any atom is -0.379 e. The van der Waals surface area contributed by atoms with Crippen molar-refractivity contribution in [3.05, 3.63) is 59.2 Å². The van der Waals surface area contributed by atoms with Crippen molar-refractivity contribution in [3.63, 3.8) is 0 Å². The summed E-state index contributed by atoms with van der Waals surface area (Å²) in [6.45, 7) is 8.48. The summed E-state index contributed by atoms with van der Waals surface area (Å²) >= 11 is 0. The van der Waals surface area contributed by atoms with Crippen LogP contribution in [0.1, 0.15) is 39.1 Å². The minimum atomic E-state index is -0.171. The van der Waals surface area contributed by atoms with Gasteiger partial charge in [0.2, 0.25) is 0 Å². The summed E-state index contributed by atoms with van der Waals surface area (Å²) in [7, 11) is 0. The molecule has 7 nitrogen and oxygen atoms in total. The molecular weight excluding hydrogens is 404 g/mol. The van der Waals surface area contributed by atoms with Crippen molar-refractivity contribution >= 4 is 23.2 Å². The van der Waals surface area contributed by atoms with Crippen LogP contribution in [0.25, 0.3) is 0 Å². The molecule has 0 unspecified atom stereocenters. The number of morpholine rings is 1. The zero-order valence-corrected chi connectivity index (χ0v) is 18.7. The van der Waals surface area contributed by atoms with E-state index in [9.17, 15) is 9.59 Å². The molecule has 0 bridgehead atoms. The van der Waals surface area contributed by atoms with E-state index in [1.165, 1.54) is 0 Å². The van der Waals surface area contributed by atoms with Crippen molar-refractivity contribution in [2.45, 2.75) is 19.8 Å². The average molecular weight is 437 g/mol. The summed E-state index contributed by atoms with van der Waals surface area (Å²) in [6, 6.07) is 13.1. The number of nitrogens with zero attached hydrogens (tertiary/aromatic N) is 2. The Labute approximate surface area is 189 Å². The van der Waals surface area contributed by atoms with Gasteiger partial charge in [-0.1, -0.05) is 18.2 Å². The Hall–Kier alpha value is -2.90. The molecule has 0 atom stereocenters. The number of hydrogen-bond acceptors (Lipinski definition) is 5. The molecule has 0 aromatic heterocycles. The van der Waals surface area contributed by atoms with Crippen molar-refractivity contribution in [2.24, 2.45) is 0 Å². The second-order valence-corrected chi connectivity index (χ2v) is 8.41. The Morgan fingerprint density at radius 1 is 0.938 bits per heavy atom. The highest BCUT2D eigenvalue weighted by atomic mass is 16.5. The highest BCUT2D eigenvalue weighted by Gasteiger charge is 2.21. The molecule has 2 fully saturated rings. The van der Waals surface area contributed by atoms with Crippen LogP contribution in [0.4, 0.5) is 11.4 Å². The van der Waals surface area contributed by atoms with E-state index < -0.39 is 0 Å². The summed E-state index contributed by atoms with van der Waals surface area (Å²) in [5, 5.41) is 6.03. The van der Waals surface area contributed by atoms with Crippen LogP contribution in [-0.2, 0) is 4.74 Å². The lowest BCUT2D eigenvalue weighted by atomic mass is 10.1. The maximum absolute atomic E-state index is 13.1. The van der Waals surface area contributed by atoms with E-state index in [0.29, 0.717) is 23.4 Å². The lowest BCUT2D eigenvalue weighted by Gasteiger charge is -2.26. The van der Waals surface area contributed by atoms with Gasteiger partial charge < -0.3 is 20.3 Å². The summed E-state index contributed by atoms with van der Waals surface area (Å²) in [6.07, 6.45) is 2.26. The summed E-state index contributed by atoms with van der Waals surface area (Å²) in [4.78, 5) is 30.4. The number of amides is 2. The molecule has 170 valence electrons. The van der Waals surface area contributed by atoms with Gasteiger partial charge in [0.1, 0.15) is 0 Å². The maximum Gasteiger partial charge on any atom is 0.255 e. The van der Waals surface area contributed by atoms with Gasteiger partial charge >= 0.3 is 0 Å². The van der Waals surface area contributed by atoms with Gasteiger partial charge in [0.25, 0.3) is 11.8 Å². The Morgan fingerprint density at radius 3 is 2.44 bits per heavy atom. The van der Waals surface area contributed by atoms with Gasteiger partial charge in [-0.2, -0.15) is 0 Å². The molecule has 0 aliphatic carbocycles. The van der Waals surface area contributed by atoms with Crippen molar-refractivity contribution in [1.82, 2.24) is 10.2 Å². The number of carbonyl (C=O) groups excluding carboxylic acids is 2. The molecule has 2 aliphatic heterocycles. The highest BCUT2D eigenvalue weighted by Crippen LogP contribution is 2.28. The first kappa shape index (κ1) is 22.3. The standard InChI is InChI=1S/C25H32N4O3/c1-19-6-2-3-7-21(19)25(31)27-20-8-9-23(29-11-4-5-12-29)22(18-20)24(30)26-10-13-28-14-16-32-17-15-28/h2-3,6-9,18H,4-5,10-17H2,1H3,(H,26,30)(H,27,31). The van der Waals surface area contributed by atoms with Crippen LogP contribution < -0.4 is 15.5 Å². The third-order valence-corrected chi connectivity index (χ3v) is 6.15. The third kappa shape index (κ3) is 5.47. The zero-order valence-electron chi connectivity index (χ0n) is 18.7. The van der Waals surface area contributed by atoms with Gasteiger partial charge in [-0.05, 0) is 49.6 Å². The van der Waals surface area contributed by atoms with E-state index in [0.717, 1.165) is 70.0 Å². The molecular formula is C25H32N4O3. The number of anilines is 2. The van der Waals surface area contributed by atoms with Crippen LogP contribution in [0.15, 0.2) is 42.5 Å². The molecule has 2 aromatic carbocycles. The first-order chi connectivity index (χ1) is 15.6. The smallest absolute Gasteiger partial charge is 0.255 e. The topological polar surface area (TPSA) is 73.9 Å². The second kappa shape index (κ2) is 10.6. The lowest BCUT2D eigenvalue weighted by Crippen LogP contribution is -2.41. The van der Waals surface area contributed by atoms with Crippen LogP contribution in [0.5, 0.6) is 0 Å². The average Bonchev–Trinajstić information content (AvgIpc) is 3.35. The number of aryl methyl sites for hydroxylation is 1. The van der Waals surface area contributed by atoms with Gasteiger partial charge in [-0.25, -0.2) is 0 Å². The highest BCUT2D eigenvalue weighted by molar-refractivity contribution is 6.07. The van der Waals surface area contributed by atoms with Gasteiger partial charge in [0, 0.05) is 56.2 Å². The number of benzene rings is 2. The number of rotatable bonds is 7. The fourth-order valence-corrected chi connectivity index (χ4v) is 4.30. The van der Waals surface area contributed by atoms with Crippen LogP contribution in [-0.4, -0.2) is 69.2 Å². The van der Waals surface area contributed by atoms with Crippen LogP contribution in [0.2, 0.25) is 0 Å². The summed E-state index contributed by atoms with van der Waals surface area (Å²) in [5.41, 5.74) is 3.71. The monoisotopic (exact) mass is 436 g/mol. The summed E-state index contributed by atoms with van der Waals surface area (Å²) < 4.78 is 5.38. The van der Waals surface area contributed by atoms with E-state index >= 15 is 0 Å².